The zero-order valence-electron chi connectivity index (χ0n) is 12.6. The van der Waals surface area contributed by atoms with E-state index < -0.39 is 6.10 Å². The minimum atomic E-state index is -0.540. The average Bonchev–Trinajstić information content (AvgIpc) is 2.50. The molecule has 4 heteroatoms. The number of benzene rings is 1. The van der Waals surface area contributed by atoms with Crippen molar-refractivity contribution in [2.45, 2.75) is 33.4 Å². The lowest BCUT2D eigenvalue weighted by atomic mass is 10.1. The highest BCUT2D eigenvalue weighted by atomic mass is 16.5. The van der Waals surface area contributed by atoms with Crippen LogP contribution in [0.2, 0.25) is 0 Å². The number of aryl methyl sites for hydroxylation is 1. The Morgan fingerprint density at radius 1 is 1.29 bits per heavy atom. The van der Waals surface area contributed by atoms with Gasteiger partial charge in [-0.2, -0.15) is 0 Å². The molecular formula is C17H20N2O2. The summed E-state index contributed by atoms with van der Waals surface area (Å²) in [5, 5.41) is 2.85. The number of pyridine rings is 1. The molecule has 21 heavy (non-hydrogen) atoms. The summed E-state index contributed by atoms with van der Waals surface area (Å²) in [5.74, 6) is 0.610. The summed E-state index contributed by atoms with van der Waals surface area (Å²) < 4.78 is 5.75. The lowest BCUT2D eigenvalue weighted by Crippen LogP contribution is -2.36. The van der Waals surface area contributed by atoms with Crippen molar-refractivity contribution in [2.24, 2.45) is 0 Å². The van der Waals surface area contributed by atoms with E-state index in [1.165, 1.54) is 0 Å². The van der Waals surface area contributed by atoms with E-state index in [-0.39, 0.29) is 5.91 Å². The van der Waals surface area contributed by atoms with E-state index >= 15 is 0 Å². The summed E-state index contributed by atoms with van der Waals surface area (Å²) in [6.45, 7) is 6.22. The third-order valence-electron chi connectivity index (χ3n) is 3.42. The van der Waals surface area contributed by atoms with E-state index in [1.807, 2.05) is 44.2 Å². The van der Waals surface area contributed by atoms with Gasteiger partial charge in [-0.3, -0.25) is 9.78 Å². The van der Waals surface area contributed by atoms with Crippen LogP contribution in [0.3, 0.4) is 0 Å². The predicted molar refractivity (Wildman–Crippen MR) is 82.1 cm³/mol. The lowest BCUT2D eigenvalue weighted by molar-refractivity contribution is -0.127. The summed E-state index contributed by atoms with van der Waals surface area (Å²) in [7, 11) is 0. The highest BCUT2D eigenvalue weighted by molar-refractivity contribution is 5.80. The summed E-state index contributed by atoms with van der Waals surface area (Å²) >= 11 is 0. The smallest absolute Gasteiger partial charge is 0.261 e. The highest BCUT2D eigenvalue weighted by Crippen LogP contribution is 2.21. The Hall–Kier alpha value is -2.36. The van der Waals surface area contributed by atoms with Crippen molar-refractivity contribution >= 4 is 5.91 Å². The second kappa shape index (κ2) is 6.88. The van der Waals surface area contributed by atoms with Gasteiger partial charge in [-0.1, -0.05) is 18.2 Å². The van der Waals surface area contributed by atoms with Crippen molar-refractivity contribution in [1.82, 2.24) is 10.3 Å². The highest BCUT2D eigenvalue weighted by Gasteiger charge is 2.15. The van der Waals surface area contributed by atoms with Gasteiger partial charge in [0.1, 0.15) is 5.75 Å². The van der Waals surface area contributed by atoms with Crippen molar-refractivity contribution in [3.8, 4) is 5.75 Å². The zero-order chi connectivity index (χ0) is 15.2. The minimum absolute atomic E-state index is 0.139. The van der Waals surface area contributed by atoms with E-state index in [9.17, 15) is 4.79 Å². The number of nitrogens with one attached hydrogen (secondary N) is 1. The molecule has 1 aromatic carbocycles. The first-order valence-electron chi connectivity index (χ1n) is 6.97. The molecule has 0 saturated heterocycles. The molecule has 1 aromatic heterocycles. The number of nitrogens with zero attached hydrogens (tertiary/aromatic N) is 1. The Bertz CT molecular complexity index is 611. The maximum absolute atomic E-state index is 12.1. The first-order valence-corrected chi connectivity index (χ1v) is 6.97. The number of rotatable bonds is 5. The third-order valence-corrected chi connectivity index (χ3v) is 3.42. The van der Waals surface area contributed by atoms with E-state index in [1.54, 1.807) is 19.3 Å². The zero-order valence-corrected chi connectivity index (χ0v) is 12.6. The van der Waals surface area contributed by atoms with Crippen LogP contribution in [0.5, 0.6) is 5.75 Å². The van der Waals surface area contributed by atoms with Gasteiger partial charge in [0.2, 0.25) is 0 Å². The Balaban J connectivity index is 1.92. The van der Waals surface area contributed by atoms with Crippen molar-refractivity contribution in [1.29, 1.82) is 0 Å². The molecule has 0 aliphatic carbocycles. The number of aromatic nitrogens is 1. The summed E-state index contributed by atoms with van der Waals surface area (Å²) in [6.07, 6.45) is 2.90. The maximum Gasteiger partial charge on any atom is 0.261 e. The standard InChI is InChI=1S/C17H20N2O2/c1-12-6-4-8-16(13(12)2)21-14(3)17(20)19-11-15-7-5-9-18-10-15/h4-10,14H,11H2,1-3H3,(H,19,20). The normalized spacial score (nSPS) is 11.8. The summed E-state index contributed by atoms with van der Waals surface area (Å²) in [4.78, 5) is 16.1. The van der Waals surface area contributed by atoms with Gasteiger partial charge in [-0.15, -0.1) is 0 Å². The van der Waals surface area contributed by atoms with Crippen LogP contribution in [-0.4, -0.2) is 17.0 Å². The van der Waals surface area contributed by atoms with Crippen molar-refractivity contribution in [3.63, 3.8) is 0 Å². The molecule has 0 bridgehead atoms. The summed E-state index contributed by atoms with van der Waals surface area (Å²) in [6, 6.07) is 9.60. The summed E-state index contributed by atoms with van der Waals surface area (Å²) in [5.41, 5.74) is 3.17. The van der Waals surface area contributed by atoms with E-state index in [2.05, 4.69) is 10.3 Å². The Morgan fingerprint density at radius 2 is 2.10 bits per heavy atom. The van der Waals surface area contributed by atoms with Crippen LogP contribution in [0.15, 0.2) is 42.7 Å². The molecular weight excluding hydrogens is 264 g/mol. The van der Waals surface area contributed by atoms with Gasteiger partial charge in [-0.25, -0.2) is 0 Å². The molecule has 2 aromatic rings. The molecule has 1 unspecified atom stereocenters. The fraction of sp³-hybridized carbons (Fsp3) is 0.294. The predicted octanol–water partition coefficient (Wildman–Crippen LogP) is 2.78. The number of carbonyl (C=O) groups excluding carboxylic acids is 1. The van der Waals surface area contributed by atoms with Crippen LogP contribution >= 0.6 is 0 Å². The quantitative estimate of drug-likeness (QED) is 0.918. The topological polar surface area (TPSA) is 51.2 Å². The minimum Gasteiger partial charge on any atom is -0.481 e. The van der Waals surface area contributed by atoms with Crippen LogP contribution in [0.1, 0.15) is 23.6 Å². The van der Waals surface area contributed by atoms with E-state index in [0.29, 0.717) is 6.54 Å². The molecule has 2 rings (SSSR count). The molecule has 1 amide bonds. The first-order chi connectivity index (χ1) is 10.1. The number of hydrogen-bond donors (Lipinski definition) is 1. The molecule has 0 aliphatic heterocycles. The van der Waals surface area contributed by atoms with Gasteiger partial charge in [-0.05, 0) is 49.6 Å². The fourth-order valence-electron chi connectivity index (χ4n) is 1.93. The van der Waals surface area contributed by atoms with E-state index in [0.717, 1.165) is 22.4 Å². The van der Waals surface area contributed by atoms with Gasteiger partial charge >= 0.3 is 0 Å². The lowest BCUT2D eigenvalue weighted by Gasteiger charge is -2.17. The van der Waals surface area contributed by atoms with Gasteiger partial charge in [0.25, 0.3) is 5.91 Å². The van der Waals surface area contributed by atoms with Crippen molar-refractivity contribution in [3.05, 3.63) is 59.4 Å². The van der Waals surface area contributed by atoms with Crippen LogP contribution in [0.25, 0.3) is 0 Å². The molecule has 0 spiro atoms. The van der Waals surface area contributed by atoms with Crippen LogP contribution in [0, 0.1) is 13.8 Å². The first kappa shape index (κ1) is 15.0. The number of hydrogen-bond acceptors (Lipinski definition) is 3. The van der Waals surface area contributed by atoms with Gasteiger partial charge in [0, 0.05) is 18.9 Å². The van der Waals surface area contributed by atoms with Crippen LogP contribution < -0.4 is 10.1 Å². The van der Waals surface area contributed by atoms with Crippen LogP contribution in [0.4, 0.5) is 0 Å². The molecule has 4 nitrogen and oxygen atoms in total. The SMILES string of the molecule is Cc1cccc(OC(C)C(=O)NCc2cccnc2)c1C. The second-order valence-corrected chi connectivity index (χ2v) is 5.04. The monoisotopic (exact) mass is 284 g/mol. The third kappa shape index (κ3) is 4.05. The molecule has 0 radical (unpaired) electrons. The van der Waals surface area contributed by atoms with Crippen molar-refractivity contribution in [2.75, 3.05) is 0 Å². The van der Waals surface area contributed by atoms with Gasteiger partial charge in [0.05, 0.1) is 0 Å². The second-order valence-electron chi connectivity index (χ2n) is 5.04. The molecule has 110 valence electrons. The number of amides is 1. The molecule has 0 aliphatic rings. The largest absolute Gasteiger partial charge is 0.481 e. The van der Waals surface area contributed by atoms with Crippen LogP contribution in [-0.2, 0) is 11.3 Å². The molecule has 0 fully saturated rings. The van der Waals surface area contributed by atoms with Gasteiger partial charge in [0.15, 0.2) is 6.10 Å². The molecule has 1 heterocycles. The Morgan fingerprint density at radius 3 is 2.81 bits per heavy atom. The Labute approximate surface area is 125 Å². The number of ether oxygens (including phenoxy) is 1. The molecule has 1 N–H and O–H groups in total. The average molecular weight is 284 g/mol. The Kier molecular flexibility index (Phi) is 4.93. The molecule has 0 saturated carbocycles. The number of carbonyl (C=O) groups is 1. The van der Waals surface area contributed by atoms with Gasteiger partial charge < -0.3 is 10.1 Å². The molecule has 1 atom stereocenters. The fourth-order valence-corrected chi connectivity index (χ4v) is 1.93. The van der Waals surface area contributed by atoms with Crippen molar-refractivity contribution < 1.29 is 9.53 Å². The van der Waals surface area contributed by atoms with E-state index in [4.69, 9.17) is 4.74 Å². The maximum atomic E-state index is 12.1.